The number of aromatic nitrogens is 2. The Morgan fingerprint density at radius 1 is 0.806 bits per heavy atom. The van der Waals surface area contributed by atoms with E-state index in [0.29, 0.717) is 11.2 Å². The highest BCUT2D eigenvalue weighted by atomic mass is 16.1. The average molecular weight is 474 g/mol. The minimum absolute atomic E-state index is 0.0188. The Kier molecular flexibility index (Phi) is 6.94. The van der Waals surface area contributed by atoms with Gasteiger partial charge in [0.15, 0.2) is 0 Å². The fourth-order valence-electron chi connectivity index (χ4n) is 4.89. The molecule has 0 radical (unpaired) electrons. The van der Waals surface area contributed by atoms with Gasteiger partial charge in [-0.05, 0) is 54.7 Å². The minimum Gasteiger partial charge on any atom is -0.375 e. The maximum Gasteiger partial charge on any atom is 0.262 e. The Morgan fingerprint density at radius 3 is 2.00 bits per heavy atom. The van der Waals surface area contributed by atoms with Crippen molar-refractivity contribution >= 4 is 16.6 Å². The maximum atomic E-state index is 14.0. The van der Waals surface area contributed by atoms with Crippen LogP contribution in [0.15, 0.2) is 114 Å². The lowest BCUT2D eigenvalue weighted by Gasteiger charge is -2.24. The van der Waals surface area contributed by atoms with Gasteiger partial charge in [-0.15, -0.1) is 0 Å². The van der Waals surface area contributed by atoms with Crippen LogP contribution < -0.4 is 10.5 Å². The van der Waals surface area contributed by atoms with E-state index >= 15 is 0 Å². The summed E-state index contributed by atoms with van der Waals surface area (Å²) in [5, 5.41) is 0.643. The number of anilines is 1. The first-order valence-corrected chi connectivity index (χ1v) is 12.5. The van der Waals surface area contributed by atoms with Crippen LogP contribution in [0.3, 0.4) is 0 Å². The number of benzene rings is 4. The topological polar surface area (TPSA) is 38.1 Å². The first kappa shape index (κ1) is 23.6. The van der Waals surface area contributed by atoms with E-state index in [4.69, 9.17) is 4.98 Å². The zero-order valence-corrected chi connectivity index (χ0v) is 20.8. The quantitative estimate of drug-likeness (QED) is 0.261. The number of nitrogens with zero attached hydrogens (tertiary/aromatic N) is 3. The molecule has 0 saturated heterocycles. The maximum absolute atomic E-state index is 14.0. The van der Waals surface area contributed by atoms with Crippen LogP contribution in [0.4, 0.5) is 5.69 Å². The van der Waals surface area contributed by atoms with Crippen LogP contribution in [0.25, 0.3) is 10.9 Å². The molecule has 1 aromatic heterocycles. The molecule has 1 heterocycles. The normalized spacial score (nSPS) is 11.2. The number of aryl methyl sites for hydroxylation is 2. The van der Waals surface area contributed by atoms with Crippen LogP contribution in [0.1, 0.15) is 35.0 Å². The molecule has 0 aliphatic rings. The molecule has 180 valence electrons. The predicted molar refractivity (Wildman–Crippen MR) is 149 cm³/mol. The molecule has 0 N–H and O–H groups in total. The molecule has 0 amide bonds. The van der Waals surface area contributed by atoms with Crippen LogP contribution in [-0.4, -0.2) is 23.1 Å². The van der Waals surface area contributed by atoms with E-state index in [1.165, 1.54) is 5.56 Å². The molecule has 0 aliphatic heterocycles. The van der Waals surface area contributed by atoms with Crippen LogP contribution in [0.5, 0.6) is 0 Å². The molecule has 4 nitrogen and oxygen atoms in total. The summed E-state index contributed by atoms with van der Waals surface area (Å²) in [4.78, 5) is 21.1. The third-order valence-corrected chi connectivity index (χ3v) is 6.79. The molecule has 36 heavy (non-hydrogen) atoms. The Bertz CT molecular complexity index is 1460. The van der Waals surface area contributed by atoms with E-state index in [1.807, 2.05) is 66.1 Å². The van der Waals surface area contributed by atoms with Crippen molar-refractivity contribution in [2.24, 2.45) is 0 Å². The van der Waals surface area contributed by atoms with Crippen molar-refractivity contribution in [1.82, 2.24) is 9.55 Å². The molecule has 0 unspecified atom stereocenters. The average Bonchev–Trinajstić information content (AvgIpc) is 2.92. The molecule has 4 heteroatoms. The Labute approximate surface area is 212 Å². The van der Waals surface area contributed by atoms with Crippen molar-refractivity contribution in [3.8, 4) is 0 Å². The number of fused-ring (bicyclic) bond motifs is 1. The lowest BCUT2D eigenvalue weighted by Crippen LogP contribution is -2.30. The third kappa shape index (κ3) is 4.94. The largest absolute Gasteiger partial charge is 0.375 e. The summed E-state index contributed by atoms with van der Waals surface area (Å²) in [5.74, 6) is 0.703. The fraction of sp³-hybridized carbons (Fsp3) is 0.188. The first-order valence-electron chi connectivity index (χ1n) is 12.5. The summed E-state index contributed by atoms with van der Waals surface area (Å²) < 4.78 is 1.84. The molecular formula is C32H31N3O. The summed E-state index contributed by atoms with van der Waals surface area (Å²) in [7, 11) is 2.09. The van der Waals surface area contributed by atoms with Crippen molar-refractivity contribution in [2.75, 3.05) is 18.5 Å². The molecule has 0 bridgehead atoms. The third-order valence-electron chi connectivity index (χ3n) is 6.79. The second-order valence-electron chi connectivity index (χ2n) is 9.27. The van der Waals surface area contributed by atoms with E-state index in [2.05, 4.69) is 66.5 Å². The predicted octanol–water partition coefficient (Wildman–Crippen LogP) is 6.41. The number of rotatable bonds is 8. The van der Waals surface area contributed by atoms with Gasteiger partial charge >= 0.3 is 0 Å². The molecule has 5 aromatic rings. The highest BCUT2D eigenvalue weighted by Crippen LogP contribution is 2.28. The highest BCUT2D eigenvalue weighted by Gasteiger charge is 2.21. The molecular weight excluding hydrogens is 442 g/mol. The Balaban J connectivity index is 1.51. The fourth-order valence-corrected chi connectivity index (χ4v) is 4.89. The SMILES string of the molecule is Cc1nc2ccc(N(C)CCCc3ccccc3)cc2c(=O)n1C(c1ccccc1)c1ccccc1. The van der Waals surface area contributed by atoms with Crippen LogP contribution >= 0.6 is 0 Å². The highest BCUT2D eigenvalue weighted by molar-refractivity contribution is 5.82. The summed E-state index contributed by atoms with van der Waals surface area (Å²) >= 11 is 0. The summed E-state index contributed by atoms with van der Waals surface area (Å²) in [6.07, 6.45) is 2.07. The van der Waals surface area contributed by atoms with Crippen molar-refractivity contribution in [3.05, 3.63) is 142 Å². The first-order chi connectivity index (χ1) is 17.6. The van der Waals surface area contributed by atoms with Crippen molar-refractivity contribution in [2.45, 2.75) is 25.8 Å². The summed E-state index contributed by atoms with van der Waals surface area (Å²) in [6, 6.07) is 36.7. The lowest BCUT2D eigenvalue weighted by molar-refractivity contribution is 0.619. The van der Waals surface area contributed by atoms with Gasteiger partial charge in [0.1, 0.15) is 5.82 Å². The van der Waals surface area contributed by atoms with Gasteiger partial charge in [0.2, 0.25) is 0 Å². The van der Waals surface area contributed by atoms with E-state index in [1.54, 1.807) is 0 Å². The van der Waals surface area contributed by atoms with Gasteiger partial charge in [-0.3, -0.25) is 9.36 Å². The van der Waals surface area contributed by atoms with Gasteiger partial charge < -0.3 is 4.90 Å². The van der Waals surface area contributed by atoms with Gasteiger partial charge in [-0.25, -0.2) is 4.98 Å². The molecule has 0 saturated carbocycles. The summed E-state index contributed by atoms with van der Waals surface area (Å²) in [5.41, 5.74) is 5.21. The monoisotopic (exact) mass is 473 g/mol. The Morgan fingerprint density at radius 2 is 1.39 bits per heavy atom. The van der Waals surface area contributed by atoms with Crippen LogP contribution in [-0.2, 0) is 6.42 Å². The zero-order valence-electron chi connectivity index (χ0n) is 20.8. The van der Waals surface area contributed by atoms with E-state index in [9.17, 15) is 4.79 Å². The zero-order chi connectivity index (χ0) is 24.9. The molecule has 0 fully saturated rings. The second-order valence-corrected chi connectivity index (χ2v) is 9.27. The molecule has 0 aliphatic carbocycles. The van der Waals surface area contributed by atoms with Crippen LogP contribution in [0.2, 0.25) is 0 Å². The van der Waals surface area contributed by atoms with Gasteiger partial charge in [0, 0.05) is 19.3 Å². The minimum atomic E-state index is -0.246. The van der Waals surface area contributed by atoms with Crippen molar-refractivity contribution < 1.29 is 0 Å². The molecule has 5 rings (SSSR count). The molecule has 0 spiro atoms. The van der Waals surface area contributed by atoms with Crippen molar-refractivity contribution in [1.29, 1.82) is 0 Å². The van der Waals surface area contributed by atoms with Gasteiger partial charge in [0.25, 0.3) is 5.56 Å². The standard InChI is InChI=1S/C32H31N3O/c1-24-33-30-21-20-28(34(2)22-12-15-25-13-6-3-7-14-25)23-29(30)32(36)35(24)31(26-16-8-4-9-17-26)27-18-10-5-11-19-27/h3-11,13-14,16-21,23,31H,12,15,22H2,1-2H3. The summed E-state index contributed by atoms with van der Waals surface area (Å²) in [6.45, 7) is 2.83. The van der Waals surface area contributed by atoms with Crippen LogP contribution in [0, 0.1) is 6.92 Å². The van der Waals surface area contributed by atoms with Gasteiger partial charge in [-0.1, -0.05) is 91.0 Å². The van der Waals surface area contributed by atoms with Gasteiger partial charge in [0.05, 0.1) is 16.9 Å². The lowest BCUT2D eigenvalue weighted by atomic mass is 9.98. The van der Waals surface area contributed by atoms with E-state index < -0.39 is 0 Å². The smallest absolute Gasteiger partial charge is 0.262 e. The number of hydrogen-bond donors (Lipinski definition) is 0. The van der Waals surface area contributed by atoms with Gasteiger partial charge in [-0.2, -0.15) is 0 Å². The van der Waals surface area contributed by atoms with E-state index in [0.717, 1.165) is 41.7 Å². The Hall–Kier alpha value is -4.18. The second kappa shape index (κ2) is 10.6. The molecule has 0 atom stereocenters. The molecule has 4 aromatic carbocycles. The van der Waals surface area contributed by atoms with Crippen molar-refractivity contribution in [3.63, 3.8) is 0 Å². The number of hydrogen-bond acceptors (Lipinski definition) is 3. The van der Waals surface area contributed by atoms with E-state index in [-0.39, 0.29) is 11.6 Å².